The van der Waals surface area contributed by atoms with Crippen molar-refractivity contribution in [1.82, 2.24) is 9.80 Å². The molecule has 4 heteroatoms. The highest BCUT2D eigenvalue weighted by Crippen LogP contribution is 2.41. The van der Waals surface area contributed by atoms with Crippen LogP contribution in [-0.2, 0) is 9.47 Å². The molecule has 4 saturated heterocycles. The normalized spacial score (nSPS) is 38.5. The van der Waals surface area contributed by atoms with Crippen molar-refractivity contribution in [3.8, 4) is 0 Å². The van der Waals surface area contributed by atoms with Gasteiger partial charge in [-0.2, -0.15) is 0 Å². The van der Waals surface area contributed by atoms with Crippen molar-refractivity contribution in [3.63, 3.8) is 0 Å². The molecule has 1 spiro atoms. The van der Waals surface area contributed by atoms with Crippen LogP contribution < -0.4 is 0 Å². The van der Waals surface area contributed by atoms with Gasteiger partial charge in [0.2, 0.25) is 0 Å². The van der Waals surface area contributed by atoms with Gasteiger partial charge in [0.1, 0.15) is 0 Å². The Morgan fingerprint density at radius 1 is 0.737 bits per heavy atom. The van der Waals surface area contributed by atoms with Gasteiger partial charge in [0.25, 0.3) is 0 Å². The van der Waals surface area contributed by atoms with Crippen LogP contribution in [0.5, 0.6) is 0 Å². The van der Waals surface area contributed by atoms with E-state index in [4.69, 9.17) is 9.47 Å². The Kier molecular flexibility index (Phi) is 3.30. The van der Waals surface area contributed by atoms with Gasteiger partial charge >= 0.3 is 0 Å². The first-order chi connectivity index (χ1) is 9.31. The van der Waals surface area contributed by atoms with E-state index in [9.17, 15) is 0 Å². The smallest absolute Gasteiger partial charge is 0.0936 e. The molecular formula is C15H26N2O2. The van der Waals surface area contributed by atoms with E-state index in [0.717, 1.165) is 13.2 Å². The predicted molar refractivity (Wildman–Crippen MR) is 73.3 cm³/mol. The molecule has 4 heterocycles. The number of hydrogen-bond acceptors (Lipinski definition) is 4. The molecule has 2 unspecified atom stereocenters. The molecule has 0 N–H and O–H groups in total. The van der Waals surface area contributed by atoms with Gasteiger partial charge in [-0.15, -0.1) is 0 Å². The van der Waals surface area contributed by atoms with E-state index in [0.29, 0.717) is 17.6 Å². The second-order valence-electron chi connectivity index (χ2n) is 7.01. The van der Waals surface area contributed by atoms with Crippen LogP contribution in [-0.4, -0.2) is 74.5 Å². The minimum Gasteiger partial charge on any atom is -0.372 e. The van der Waals surface area contributed by atoms with Crippen molar-refractivity contribution in [2.45, 2.75) is 37.9 Å². The molecule has 0 bridgehead atoms. The maximum Gasteiger partial charge on any atom is 0.0936 e. The van der Waals surface area contributed by atoms with E-state index in [1.807, 2.05) is 0 Å². The molecule has 0 amide bonds. The molecule has 0 aliphatic carbocycles. The van der Waals surface area contributed by atoms with Crippen molar-refractivity contribution in [3.05, 3.63) is 0 Å². The highest BCUT2D eigenvalue weighted by atomic mass is 16.6. The Labute approximate surface area is 116 Å². The van der Waals surface area contributed by atoms with E-state index in [2.05, 4.69) is 9.80 Å². The summed E-state index contributed by atoms with van der Waals surface area (Å²) in [6, 6.07) is 0. The Bertz CT molecular complexity index is 277. The van der Waals surface area contributed by atoms with Crippen LogP contribution in [0.1, 0.15) is 25.7 Å². The topological polar surface area (TPSA) is 31.5 Å². The van der Waals surface area contributed by atoms with Crippen LogP contribution in [0, 0.1) is 5.41 Å². The Balaban J connectivity index is 1.23. The van der Waals surface area contributed by atoms with Gasteiger partial charge in [0, 0.05) is 13.1 Å². The summed E-state index contributed by atoms with van der Waals surface area (Å²) in [6.45, 7) is 9.55. The van der Waals surface area contributed by atoms with Crippen LogP contribution in [0.3, 0.4) is 0 Å². The summed E-state index contributed by atoms with van der Waals surface area (Å²) in [6.07, 6.45) is 6.77. The molecule has 0 aromatic heterocycles. The molecule has 4 aliphatic heterocycles. The number of likely N-dealkylation sites (tertiary alicyclic amines) is 2. The van der Waals surface area contributed by atoms with Crippen LogP contribution in [0.2, 0.25) is 0 Å². The lowest BCUT2D eigenvalue weighted by Gasteiger charge is -2.46. The minimum atomic E-state index is 0.564. The lowest BCUT2D eigenvalue weighted by molar-refractivity contribution is 0.0310. The second kappa shape index (κ2) is 4.99. The number of hydrogen-bond donors (Lipinski definition) is 0. The average Bonchev–Trinajstić information content (AvgIpc) is 3.31. The first-order valence-corrected chi connectivity index (χ1v) is 7.99. The van der Waals surface area contributed by atoms with Crippen molar-refractivity contribution < 1.29 is 9.47 Å². The van der Waals surface area contributed by atoms with Crippen LogP contribution in [0.4, 0.5) is 0 Å². The van der Waals surface area contributed by atoms with Crippen molar-refractivity contribution in [1.29, 1.82) is 0 Å². The summed E-state index contributed by atoms with van der Waals surface area (Å²) in [5.41, 5.74) is 0.668. The standard InChI is InChI=1S/C15H26N2O2/c1-5-16(9-13-11-18-13)6-2-15(1)3-7-17(8-4-15)10-14-12-19-14/h13-14H,1-12H2. The molecule has 4 rings (SSSR count). The summed E-state index contributed by atoms with van der Waals surface area (Å²) in [5.74, 6) is 0. The first-order valence-electron chi connectivity index (χ1n) is 7.99. The highest BCUT2D eigenvalue weighted by Gasteiger charge is 2.39. The number of piperidine rings is 2. The van der Waals surface area contributed by atoms with Gasteiger partial charge in [-0.3, -0.25) is 0 Å². The average molecular weight is 266 g/mol. The zero-order valence-corrected chi connectivity index (χ0v) is 11.9. The van der Waals surface area contributed by atoms with E-state index >= 15 is 0 Å². The predicted octanol–water partition coefficient (Wildman–Crippen LogP) is 0.962. The lowest BCUT2D eigenvalue weighted by atomic mass is 9.71. The largest absolute Gasteiger partial charge is 0.372 e. The fraction of sp³-hybridized carbons (Fsp3) is 1.00. The van der Waals surface area contributed by atoms with Gasteiger partial charge in [-0.25, -0.2) is 0 Å². The minimum absolute atomic E-state index is 0.564. The van der Waals surface area contributed by atoms with Crippen LogP contribution in [0.25, 0.3) is 0 Å². The Hall–Kier alpha value is -0.160. The quantitative estimate of drug-likeness (QED) is 0.709. The van der Waals surface area contributed by atoms with Gasteiger partial charge in [0.15, 0.2) is 0 Å². The molecule has 108 valence electrons. The molecule has 0 aromatic carbocycles. The maximum absolute atomic E-state index is 5.34. The second-order valence-corrected chi connectivity index (χ2v) is 7.01. The maximum atomic E-state index is 5.34. The lowest BCUT2D eigenvalue weighted by Crippen LogP contribution is -2.48. The number of epoxide rings is 2. The molecule has 0 radical (unpaired) electrons. The van der Waals surface area contributed by atoms with E-state index in [-0.39, 0.29) is 0 Å². The third-order valence-corrected chi connectivity index (χ3v) is 5.56. The third-order valence-electron chi connectivity index (χ3n) is 5.56. The first kappa shape index (κ1) is 12.6. The zero-order chi connectivity index (χ0) is 12.7. The Morgan fingerprint density at radius 3 is 1.42 bits per heavy atom. The highest BCUT2D eigenvalue weighted by molar-refractivity contribution is 4.92. The van der Waals surface area contributed by atoms with Gasteiger partial charge in [0.05, 0.1) is 25.4 Å². The molecule has 0 aromatic rings. The van der Waals surface area contributed by atoms with Gasteiger partial charge in [-0.1, -0.05) is 0 Å². The molecule has 19 heavy (non-hydrogen) atoms. The molecule has 4 fully saturated rings. The molecule has 2 atom stereocenters. The van der Waals surface area contributed by atoms with E-state index < -0.39 is 0 Å². The van der Waals surface area contributed by atoms with Crippen molar-refractivity contribution in [2.24, 2.45) is 5.41 Å². The Morgan fingerprint density at radius 2 is 1.11 bits per heavy atom. The molecule has 4 aliphatic rings. The van der Waals surface area contributed by atoms with Crippen molar-refractivity contribution in [2.75, 3.05) is 52.5 Å². The van der Waals surface area contributed by atoms with Gasteiger partial charge < -0.3 is 19.3 Å². The van der Waals surface area contributed by atoms with Crippen molar-refractivity contribution >= 4 is 0 Å². The zero-order valence-electron chi connectivity index (χ0n) is 11.9. The SMILES string of the molecule is C1OC1CN1CCC2(CC1)CCN(CC1CO1)CC2. The molecular weight excluding hydrogens is 240 g/mol. The van der Waals surface area contributed by atoms with E-state index in [1.54, 1.807) is 0 Å². The van der Waals surface area contributed by atoms with Crippen LogP contribution >= 0.6 is 0 Å². The number of nitrogens with zero attached hydrogens (tertiary/aromatic N) is 2. The summed E-state index contributed by atoms with van der Waals surface area (Å²) in [7, 11) is 0. The summed E-state index contributed by atoms with van der Waals surface area (Å²) in [5, 5.41) is 0. The fourth-order valence-corrected chi connectivity index (χ4v) is 3.84. The third kappa shape index (κ3) is 3.13. The van der Waals surface area contributed by atoms with E-state index in [1.165, 1.54) is 65.0 Å². The molecule has 4 nitrogen and oxygen atoms in total. The van der Waals surface area contributed by atoms with Gasteiger partial charge in [-0.05, 0) is 57.3 Å². The summed E-state index contributed by atoms with van der Waals surface area (Å²) >= 11 is 0. The number of rotatable bonds is 4. The monoisotopic (exact) mass is 266 g/mol. The molecule has 0 saturated carbocycles. The summed E-state index contributed by atoms with van der Waals surface area (Å²) in [4.78, 5) is 5.24. The number of ether oxygens (including phenoxy) is 2. The fourth-order valence-electron chi connectivity index (χ4n) is 3.84. The summed E-state index contributed by atoms with van der Waals surface area (Å²) < 4.78 is 10.7. The van der Waals surface area contributed by atoms with Crippen LogP contribution in [0.15, 0.2) is 0 Å².